The van der Waals surface area contributed by atoms with Crippen LogP contribution < -0.4 is 0 Å². The average Bonchev–Trinajstić information content (AvgIpc) is 3.14. The second-order valence-corrected chi connectivity index (χ2v) is 10.2. The quantitative estimate of drug-likeness (QED) is 0.660. The van der Waals surface area contributed by atoms with E-state index in [1.165, 1.54) is 12.0 Å². The van der Waals surface area contributed by atoms with E-state index in [9.17, 15) is 9.59 Å². The van der Waals surface area contributed by atoms with Gasteiger partial charge in [0.05, 0.1) is 18.0 Å². The highest BCUT2D eigenvalue weighted by atomic mass is 32.2. The second-order valence-electron chi connectivity index (χ2n) is 8.81. The van der Waals surface area contributed by atoms with Crippen molar-refractivity contribution in [1.29, 1.82) is 0 Å². The molecule has 3 aliphatic rings. The highest BCUT2D eigenvalue weighted by Gasteiger charge is 2.53. The van der Waals surface area contributed by atoms with Gasteiger partial charge in [-0.3, -0.25) is 9.69 Å². The number of piperidine rings is 1. The number of amides is 1. The molecule has 1 aliphatic carbocycles. The fourth-order valence-corrected chi connectivity index (χ4v) is 7.02. The summed E-state index contributed by atoms with van der Waals surface area (Å²) in [5, 5.41) is 0. The number of rotatable bonds is 5. The third-order valence-corrected chi connectivity index (χ3v) is 8.56. The number of likely N-dealkylation sites (tertiary alicyclic amines) is 1. The number of hydrogen-bond acceptors (Lipinski definition) is 5. The molecule has 1 saturated carbocycles. The van der Waals surface area contributed by atoms with Gasteiger partial charge in [0.15, 0.2) is 0 Å². The molecule has 0 bridgehead atoms. The van der Waals surface area contributed by atoms with E-state index in [1.807, 2.05) is 23.6 Å². The third kappa shape index (κ3) is 4.54. The molecule has 0 aromatic heterocycles. The van der Waals surface area contributed by atoms with Gasteiger partial charge in [-0.2, -0.15) is 0 Å². The fraction of sp³-hybridized carbons (Fsp3) is 0.667. The number of thioether (sulfide) groups is 1. The van der Waals surface area contributed by atoms with E-state index in [1.54, 1.807) is 0 Å². The summed E-state index contributed by atoms with van der Waals surface area (Å²) >= 11 is 1.81. The van der Waals surface area contributed by atoms with Crippen LogP contribution in [0.3, 0.4) is 0 Å². The van der Waals surface area contributed by atoms with Crippen molar-refractivity contribution in [3.8, 4) is 0 Å². The lowest BCUT2D eigenvalue weighted by Gasteiger charge is -2.45. The van der Waals surface area contributed by atoms with Crippen molar-refractivity contribution in [3.05, 3.63) is 35.9 Å². The summed E-state index contributed by atoms with van der Waals surface area (Å²) in [5.74, 6) is 1.07. The molecule has 3 fully saturated rings. The third-order valence-electron chi connectivity index (χ3n) is 6.93. The molecular weight excluding hydrogens is 396 g/mol. The number of benzene rings is 1. The first-order chi connectivity index (χ1) is 14.6. The zero-order valence-corrected chi connectivity index (χ0v) is 18.9. The molecule has 1 amide bonds. The Kier molecular flexibility index (Phi) is 7.04. The van der Waals surface area contributed by atoms with Crippen LogP contribution in [-0.2, 0) is 14.3 Å². The Hall–Kier alpha value is -1.53. The molecule has 5 nitrogen and oxygen atoms in total. The van der Waals surface area contributed by atoms with Crippen LogP contribution >= 0.6 is 11.8 Å². The van der Waals surface area contributed by atoms with Crippen molar-refractivity contribution in [1.82, 2.24) is 9.80 Å². The van der Waals surface area contributed by atoms with Crippen molar-refractivity contribution < 1.29 is 14.3 Å². The van der Waals surface area contributed by atoms with Gasteiger partial charge in [-0.05, 0) is 70.0 Å². The smallest absolute Gasteiger partial charge is 0.329 e. The lowest BCUT2D eigenvalue weighted by molar-refractivity contribution is -0.156. The maximum Gasteiger partial charge on any atom is 0.329 e. The van der Waals surface area contributed by atoms with Crippen LogP contribution in [0.4, 0.5) is 0 Å². The van der Waals surface area contributed by atoms with Crippen molar-refractivity contribution in [2.45, 2.75) is 68.7 Å². The van der Waals surface area contributed by atoms with Gasteiger partial charge >= 0.3 is 5.97 Å². The number of esters is 1. The summed E-state index contributed by atoms with van der Waals surface area (Å²) in [6.45, 7) is 4.60. The fourth-order valence-electron chi connectivity index (χ4n) is 5.37. The highest BCUT2D eigenvalue weighted by molar-refractivity contribution is 8.01. The topological polar surface area (TPSA) is 49.9 Å². The van der Waals surface area contributed by atoms with E-state index in [0.29, 0.717) is 24.8 Å². The summed E-state index contributed by atoms with van der Waals surface area (Å²) < 4.78 is 5.36. The Labute approximate surface area is 184 Å². The van der Waals surface area contributed by atoms with Crippen molar-refractivity contribution in [3.63, 3.8) is 0 Å². The van der Waals surface area contributed by atoms with Gasteiger partial charge in [0, 0.05) is 5.75 Å². The maximum absolute atomic E-state index is 13.5. The van der Waals surface area contributed by atoms with E-state index < -0.39 is 6.04 Å². The molecule has 30 heavy (non-hydrogen) atoms. The number of hydrogen-bond donors (Lipinski definition) is 0. The molecule has 1 aromatic rings. The summed E-state index contributed by atoms with van der Waals surface area (Å²) in [4.78, 5) is 30.2. The molecule has 2 aliphatic heterocycles. The SMILES string of the molecule is CCOC(=O)C1CSC2(CCC(c3ccccc3)CC2)N1C(=O)CN1CCCCC1. The number of ether oxygens (including phenoxy) is 1. The van der Waals surface area contributed by atoms with Crippen LogP contribution in [0.5, 0.6) is 0 Å². The second kappa shape index (κ2) is 9.73. The van der Waals surface area contributed by atoms with Gasteiger partial charge in [-0.1, -0.05) is 36.8 Å². The molecule has 6 heteroatoms. The Morgan fingerprint density at radius 3 is 2.47 bits per heavy atom. The van der Waals surface area contributed by atoms with E-state index in [0.717, 1.165) is 51.6 Å². The minimum Gasteiger partial charge on any atom is -0.464 e. The first-order valence-electron chi connectivity index (χ1n) is 11.5. The highest BCUT2D eigenvalue weighted by Crippen LogP contribution is 2.52. The van der Waals surface area contributed by atoms with E-state index in [4.69, 9.17) is 4.74 Å². The van der Waals surface area contributed by atoms with Gasteiger partial charge in [-0.25, -0.2) is 4.79 Å². The summed E-state index contributed by atoms with van der Waals surface area (Å²) in [7, 11) is 0. The van der Waals surface area contributed by atoms with Gasteiger partial charge in [0.1, 0.15) is 6.04 Å². The molecule has 164 valence electrons. The summed E-state index contributed by atoms with van der Waals surface area (Å²) in [5.41, 5.74) is 1.39. The Morgan fingerprint density at radius 2 is 1.80 bits per heavy atom. The molecule has 1 atom stereocenters. The van der Waals surface area contributed by atoms with E-state index in [-0.39, 0.29) is 16.7 Å². The summed E-state index contributed by atoms with van der Waals surface area (Å²) in [6.07, 6.45) is 7.57. The Balaban J connectivity index is 1.50. The van der Waals surface area contributed by atoms with Crippen LogP contribution in [0, 0.1) is 0 Å². The van der Waals surface area contributed by atoms with Gasteiger partial charge in [0.2, 0.25) is 5.91 Å². The molecule has 2 saturated heterocycles. The van der Waals surface area contributed by atoms with Gasteiger partial charge in [0.25, 0.3) is 0 Å². The van der Waals surface area contributed by atoms with Crippen LogP contribution in [-0.4, -0.2) is 64.6 Å². The zero-order chi connectivity index (χ0) is 21.0. The Bertz CT molecular complexity index is 727. The van der Waals surface area contributed by atoms with Crippen LogP contribution in [0.2, 0.25) is 0 Å². The molecular formula is C24H34N2O3S. The maximum atomic E-state index is 13.5. The zero-order valence-electron chi connectivity index (χ0n) is 18.1. The van der Waals surface area contributed by atoms with Crippen molar-refractivity contribution in [2.24, 2.45) is 0 Å². The van der Waals surface area contributed by atoms with E-state index in [2.05, 4.69) is 35.2 Å². The normalized spacial score (nSPS) is 29.8. The standard InChI is InChI=1S/C24H34N2O3S/c1-2-29-23(28)21-18-30-24(26(21)22(27)17-25-15-7-4-8-16-25)13-11-20(12-14-24)19-9-5-3-6-10-19/h3,5-6,9-10,20-21H,2,4,7-8,11-18H2,1H3. The monoisotopic (exact) mass is 430 g/mol. The molecule has 1 aromatic carbocycles. The largest absolute Gasteiger partial charge is 0.464 e. The van der Waals surface area contributed by atoms with E-state index >= 15 is 0 Å². The number of carbonyl (C=O) groups is 2. The number of carbonyl (C=O) groups excluding carboxylic acids is 2. The molecule has 1 unspecified atom stereocenters. The first kappa shape index (κ1) is 21.7. The molecule has 1 spiro atoms. The lowest BCUT2D eigenvalue weighted by atomic mass is 9.80. The predicted molar refractivity (Wildman–Crippen MR) is 120 cm³/mol. The van der Waals surface area contributed by atoms with Crippen LogP contribution in [0.25, 0.3) is 0 Å². The van der Waals surface area contributed by atoms with Gasteiger partial charge in [-0.15, -0.1) is 11.8 Å². The lowest BCUT2D eigenvalue weighted by Crippen LogP contribution is -2.56. The van der Waals surface area contributed by atoms with Crippen LogP contribution in [0.1, 0.15) is 63.4 Å². The van der Waals surface area contributed by atoms with Crippen molar-refractivity contribution >= 4 is 23.6 Å². The van der Waals surface area contributed by atoms with Crippen molar-refractivity contribution in [2.75, 3.05) is 32.0 Å². The minimum absolute atomic E-state index is 0.109. The Morgan fingerprint density at radius 1 is 1.10 bits per heavy atom. The molecule has 0 N–H and O–H groups in total. The summed E-state index contributed by atoms with van der Waals surface area (Å²) in [6, 6.07) is 10.3. The first-order valence-corrected chi connectivity index (χ1v) is 12.5. The molecule has 0 radical (unpaired) electrons. The molecule has 4 rings (SSSR count). The molecule has 2 heterocycles. The van der Waals surface area contributed by atoms with Gasteiger partial charge < -0.3 is 9.64 Å². The average molecular weight is 431 g/mol. The van der Waals surface area contributed by atoms with Crippen LogP contribution in [0.15, 0.2) is 30.3 Å². The number of nitrogens with zero attached hydrogens (tertiary/aromatic N) is 2. The minimum atomic E-state index is -0.444. The predicted octanol–water partition coefficient (Wildman–Crippen LogP) is 4.03.